The Balaban J connectivity index is 1.62. The van der Waals surface area contributed by atoms with Crippen molar-refractivity contribution in [2.75, 3.05) is 5.32 Å². The maximum absolute atomic E-state index is 13.8. The molecule has 5 nitrogen and oxygen atoms in total. The molecule has 2 aliphatic rings. The van der Waals surface area contributed by atoms with Gasteiger partial charge in [-0.25, -0.2) is 22.2 Å². The van der Waals surface area contributed by atoms with Crippen LogP contribution in [0.2, 0.25) is 0 Å². The van der Waals surface area contributed by atoms with Gasteiger partial charge in [0.15, 0.2) is 15.0 Å². The monoisotopic (exact) mass is 494 g/mol. The highest BCUT2D eigenvalue weighted by molar-refractivity contribution is 7.92. The second-order valence-electron chi connectivity index (χ2n) is 9.85. The lowest BCUT2D eigenvalue weighted by molar-refractivity contribution is -0.111. The van der Waals surface area contributed by atoms with E-state index < -0.39 is 34.0 Å². The molecule has 1 heterocycles. The number of aromatic nitrogens is 1. The molecule has 2 saturated carbocycles. The Bertz CT molecular complexity index is 1150. The van der Waals surface area contributed by atoms with E-state index in [0.29, 0.717) is 23.5 Å². The fourth-order valence-corrected chi connectivity index (χ4v) is 6.47. The fourth-order valence-electron chi connectivity index (χ4n) is 3.88. The van der Waals surface area contributed by atoms with Gasteiger partial charge in [0.2, 0.25) is 0 Å². The van der Waals surface area contributed by atoms with Crippen molar-refractivity contribution in [3.63, 3.8) is 0 Å². The van der Waals surface area contributed by atoms with Crippen molar-refractivity contribution in [2.24, 2.45) is 5.92 Å². The molecule has 2 fully saturated rings. The Kier molecular flexibility index (Phi) is 6.48. The number of hydrogen-bond acceptors (Lipinski definition) is 5. The quantitative estimate of drug-likeness (QED) is 0.539. The number of halogens is 2. The van der Waals surface area contributed by atoms with Gasteiger partial charge in [0, 0.05) is 16.4 Å². The smallest absolute Gasteiger partial charge is 0.257 e. The van der Waals surface area contributed by atoms with Crippen LogP contribution in [0.3, 0.4) is 0 Å². The third-order valence-corrected chi connectivity index (χ3v) is 9.08. The molecule has 4 rings (SSSR count). The molecule has 0 unspecified atom stereocenters. The molecule has 3 atom stereocenters. The van der Waals surface area contributed by atoms with Gasteiger partial charge >= 0.3 is 0 Å². The maximum Gasteiger partial charge on any atom is 0.257 e. The van der Waals surface area contributed by atoms with Crippen LogP contribution in [0, 0.1) is 5.92 Å². The van der Waals surface area contributed by atoms with Crippen LogP contribution in [0.25, 0.3) is 5.57 Å². The number of carbonyl (C=O) groups excluding carboxylic acids is 1. The van der Waals surface area contributed by atoms with Crippen LogP contribution in [0.4, 0.5) is 13.9 Å². The van der Waals surface area contributed by atoms with Gasteiger partial charge in [-0.15, -0.1) is 11.3 Å². The molecule has 0 aliphatic heterocycles. The number of benzene rings is 1. The predicted molar refractivity (Wildman–Crippen MR) is 127 cm³/mol. The number of sulfone groups is 1. The molecular formula is C24H28F2N2O3S2. The summed E-state index contributed by atoms with van der Waals surface area (Å²) >= 11 is 1.31. The molecule has 2 aromatic rings. The number of amides is 1. The standard InChI is InChI=1S/C24H28F2N2O3S2/c1-24(2,3)21-13-32-23(27-21)28-22(29)18(10-14-11-19(25)20(26)12-14)15-4-6-16(7-5-15)33(30,31)17-8-9-17/h4-7,10,13-14,17,19-20H,8-9,11-12H2,1-3H3,(H,27,28,29)/b18-10+/t14-,19+,20-. The topological polar surface area (TPSA) is 76.1 Å². The second kappa shape index (κ2) is 8.91. The van der Waals surface area contributed by atoms with E-state index in [1.54, 1.807) is 18.2 Å². The minimum Gasteiger partial charge on any atom is -0.298 e. The summed E-state index contributed by atoms with van der Waals surface area (Å²) in [7, 11) is -3.35. The van der Waals surface area contributed by atoms with Gasteiger partial charge in [-0.2, -0.15) is 0 Å². The summed E-state index contributed by atoms with van der Waals surface area (Å²) in [6, 6.07) is 6.15. The summed E-state index contributed by atoms with van der Waals surface area (Å²) in [5.41, 5.74) is 1.42. The molecule has 33 heavy (non-hydrogen) atoms. The van der Waals surface area contributed by atoms with Crippen LogP contribution in [-0.2, 0) is 20.0 Å². The van der Waals surface area contributed by atoms with Crippen molar-refractivity contribution in [1.29, 1.82) is 0 Å². The zero-order chi connectivity index (χ0) is 24.0. The highest BCUT2D eigenvalue weighted by Crippen LogP contribution is 2.36. The fraction of sp³-hybridized carbons (Fsp3) is 0.500. The largest absolute Gasteiger partial charge is 0.298 e. The Labute approximate surface area is 197 Å². The zero-order valence-corrected chi connectivity index (χ0v) is 20.5. The molecule has 178 valence electrons. The Morgan fingerprint density at radius 3 is 2.24 bits per heavy atom. The first-order chi connectivity index (χ1) is 15.4. The van der Waals surface area contributed by atoms with E-state index in [0.717, 1.165) is 5.69 Å². The first kappa shape index (κ1) is 24.0. The molecular weight excluding hydrogens is 466 g/mol. The minimum atomic E-state index is -3.35. The average molecular weight is 495 g/mol. The first-order valence-corrected chi connectivity index (χ1v) is 13.5. The lowest BCUT2D eigenvalue weighted by atomic mass is 9.93. The van der Waals surface area contributed by atoms with Gasteiger partial charge < -0.3 is 0 Å². The van der Waals surface area contributed by atoms with E-state index >= 15 is 0 Å². The molecule has 0 radical (unpaired) electrons. The summed E-state index contributed by atoms with van der Waals surface area (Å²) in [4.78, 5) is 17.9. The van der Waals surface area contributed by atoms with E-state index in [1.165, 1.54) is 23.5 Å². The molecule has 1 aromatic carbocycles. The molecule has 0 saturated heterocycles. The Morgan fingerprint density at radius 1 is 1.12 bits per heavy atom. The number of nitrogens with zero attached hydrogens (tertiary/aromatic N) is 1. The molecule has 1 N–H and O–H groups in total. The average Bonchev–Trinajstić information content (AvgIpc) is 3.42. The van der Waals surface area contributed by atoms with Crippen LogP contribution in [-0.4, -0.2) is 36.9 Å². The lowest BCUT2D eigenvalue weighted by Crippen LogP contribution is -2.16. The molecule has 9 heteroatoms. The number of carbonyl (C=O) groups is 1. The van der Waals surface area contributed by atoms with Gasteiger partial charge in [0.25, 0.3) is 5.91 Å². The first-order valence-electron chi connectivity index (χ1n) is 11.1. The number of anilines is 1. The number of allylic oxidation sites excluding steroid dienone is 1. The van der Waals surface area contributed by atoms with Crippen LogP contribution < -0.4 is 5.32 Å². The summed E-state index contributed by atoms with van der Waals surface area (Å²) in [6.45, 7) is 6.07. The highest BCUT2D eigenvalue weighted by Gasteiger charge is 2.37. The van der Waals surface area contributed by atoms with E-state index in [2.05, 4.69) is 10.3 Å². The van der Waals surface area contributed by atoms with Crippen LogP contribution in [0.15, 0.2) is 40.6 Å². The molecule has 1 aromatic heterocycles. The van der Waals surface area contributed by atoms with Crippen LogP contribution in [0.5, 0.6) is 0 Å². The number of thiazole rings is 1. The summed E-state index contributed by atoms with van der Waals surface area (Å²) in [6.07, 6.45) is -0.138. The van der Waals surface area contributed by atoms with Crippen molar-refractivity contribution in [1.82, 2.24) is 4.98 Å². The molecule has 1 amide bonds. The molecule has 0 spiro atoms. The van der Waals surface area contributed by atoms with Crippen molar-refractivity contribution >= 4 is 37.8 Å². The number of alkyl halides is 2. The number of nitrogens with one attached hydrogen (secondary N) is 1. The van der Waals surface area contributed by atoms with E-state index in [-0.39, 0.29) is 34.0 Å². The van der Waals surface area contributed by atoms with Crippen molar-refractivity contribution < 1.29 is 22.0 Å². The normalized spacial score (nSPS) is 24.2. The maximum atomic E-state index is 13.8. The zero-order valence-electron chi connectivity index (χ0n) is 18.8. The van der Waals surface area contributed by atoms with Crippen molar-refractivity contribution in [2.45, 2.75) is 74.4 Å². The van der Waals surface area contributed by atoms with Crippen LogP contribution in [0.1, 0.15) is 57.7 Å². The second-order valence-corrected chi connectivity index (χ2v) is 12.9. The van der Waals surface area contributed by atoms with Gasteiger partial charge in [0.1, 0.15) is 12.3 Å². The van der Waals surface area contributed by atoms with Crippen molar-refractivity contribution in [3.05, 3.63) is 47.0 Å². The van der Waals surface area contributed by atoms with E-state index in [1.807, 2.05) is 26.2 Å². The van der Waals surface area contributed by atoms with Gasteiger partial charge in [-0.1, -0.05) is 39.0 Å². The number of rotatable bonds is 6. The minimum absolute atomic E-state index is 0.0114. The SMILES string of the molecule is CC(C)(C)c1csc(NC(=O)/C(=C/[C@H]2C[C@@H](F)[C@@H](F)C2)c2ccc(S(=O)(=O)C3CC3)cc2)n1. The Morgan fingerprint density at radius 2 is 1.73 bits per heavy atom. The van der Waals surface area contributed by atoms with Gasteiger partial charge in [-0.05, 0) is 49.3 Å². The number of hydrogen-bond donors (Lipinski definition) is 1. The third-order valence-electron chi connectivity index (χ3n) is 6.05. The van der Waals surface area contributed by atoms with E-state index in [4.69, 9.17) is 0 Å². The summed E-state index contributed by atoms with van der Waals surface area (Å²) in [5.74, 6) is -0.868. The lowest BCUT2D eigenvalue weighted by Gasteiger charge is -2.14. The van der Waals surface area contributed by atoms with E-state index in [9.17, 15) is 22.0 Å². The van der Waals surface area contributed by atoms with Gasteiger partial charge in [0.05, 0.1) is 15.8 Å². The van der Waals surface area contributed by atoms with Crippen LogP contribution >= 0.6 is 11.3 Å². The molecule has 2 aliphatic carbocycles. The highest BCUT2D eigenvalue weighted by atomic mass is 32.2. The third kappa shape index (κ3) is 5.35. The Hall–Kier alpha value is -2.13. The molecule has 0 bridgehead atoms. The summed E-state index contributed by atoms with van der Waals surface area (Å²) < 4.78 is 52.5. The predicted octanol–water partition coefficient (Wildman–Crippen LogP) is 5.49. The van der Waals surface area contributed by atoms with Crippen molar-refractivity contribution in [3.8, 4) is 0 Å². The van der Waals surface area contributed by atoms with Gasteiger partial charge in [-0.3, -0.25) is 10.1 Å². The summed E-state index contributed by atoms with van der Waals surface area (Å²) in [5, 5.41) is 4.78.